The molecule has 4 rings (SSSR count). The molecule has 4 aliphatic rings. The molecule has 0 aromatic rings. The first kappa shape index (κ1) is 30.3. The number of hydrogen-bond acceptors (Lipinski definition) is 6. The fraction of sp³-hybridized carbons (Fsp3) is 0.969. The van der Waals surface area contributed by atoms with E-state index in [1.165, 1.54) is 58.5 Å². The second-order valence-electron chi connectivity index (χ2n) is 14.3. The number of methoxy groups -OCH3 is 1. The highest BCUT2D eigenvalue weighted by Gasteiger charge is 2.63. The van der Waals surface area contributed by atoms with Crippen molar-refractivity contribution in [1.29, 1.82) is 0 Å². The number of ether oxygens (including phenoxy) is 1. The summed E-state index contributed by atoms with van der Waals surface area (Å²) >= 11 is 0. The van der Waals surface area contributed by atoms with E-state index in [2.05, 4.69) is 38.0 Å². The third-order valence-electron chi connectivity index (χ3n) is 12.5. The van der Waals surface area contributed by atoms with Crippen LogP contribution in [0.1, 0.15) is 97.8 Å². The van der Waals surface area contributed by atoms with E-state index in [-0.39, 0.29) is 17.5 Å². The number of carbonyl (C=O) groups excluding carboxylic acids is 1. The summed E-state index contributed by atoms with van der Waals surface area (Å²) in [6.45, 7) is 11.4. The molecule has 0 aromatic heterocycles. The Labute approximate surface area is 233 Å². The van der Waals surface area contributed by atoms with Crippen molar-refractivity contribution < 1.29 is 14.6 Å². The van der Waals surface area contributed by atoms with Gasteiger partial charge in [0, 0.05) is 12.5 Å². The maximum Gasteiger partial charge on any atom is 0.305 e. The molecule has 4 saturated carbocycles. The lowest BCUT2D eigenvalue weighted by molar-refractivity contribution is -0.170. The highest BCUT2D eigenvalue weighted by Crippen LogP contribution is 2.68. The maximum absolute atomic E-state index is 11.8. The monoisotopic (exact) mass is 533 g/mol. The SMILES string of the molecule is COC(=O)CC[C@@H](C)[C@H]1CCC2C3CCC4C[C@@H](NCCCN(C)CCCN)CC[C@]4(C)C3C[C@H](O)[C@@]21C. The summed E-state index contributed by atoms with van der Waals surface area (Å²) in [5.41, 5.74) is 6.02. The number of carbonyl (C=O) groups is 1. The number of nitrogens with one attached hydrogen (secondary N) is 1. The predicted octanol–water partition coefficient (Wildman–Crippen LogP) is 4.83. The lowest BCUT2D eigenvalue weighted by Gasteiger charge is -2.62. The number of esters is 1. The molecule has 4 N–H and O–H groups in total. The first-order valence-corrected chi connectivity index (χ1v) is 16.0. The van der Waals surface area contributed by atoms with Gasteiger partial charge >= 0.3 is 5.97 Å². The van der Waals surface area contributed by atoms with Crippen LogP contribution >= 0.6 is 0 Å². The van der Waals surface area contributed by atoms with Crippen molar-refractivity contribution in [2.45, 2.75) is 110 Å². The molecule has 0 aromatic carbocycles. The van der Waals surface area contributed by atoms with Crippen LogP contribution in [0.2, 0.25) is 0 Å². The standard InChI is InChI=1S/C32H59N3O3/c1-22(8-13-30(37)38-5)26-11-12-27-25-10-9-23-20-24(34-17-7-19-35(4)18-6-16-33)14-15-31(23,2)28(25)21-29(36)32(26,27)3/h22-29,34,36H,6-21,33H2,1-5H3/t22-,23?,24+,25?,26-,27?,28?,29+,31+,32-/m1/s1. The molecule has 38 heavy (non-hydrogen) atoms. The van der Waals surface area contributed by atoms with Crippen LogP contribution in [-0.4, -0.2) is 68.5 Å². The fourth-order valence-electron chi connectivity index (χ4n) is 10.1. The lowest BCUT2D eigenvalue weighted by atomic mass is 9.43. The van der Waals surface area contributed by atoms with Gasteiger partial charge in [-0.15, -0.1) is 0 Å². The summed E-state index contributed by atoms with van der Waals surface area (Å²) in [4.78, 5) is 14.2. The first-order valence-electron chi connectivity index (χ1n) is 16.0. The smallest absolute Gasteiger partial charge is 0.305 e. The van der Waals surface area contributed by atoms with Gasteiger partial charge in [0.1, 0.15) is 0 Å². The molecule has 0 aliphatic heterocycles. The molecule has 0 spiro atoms. The Kier molecular flexibility index (Phi) is 10.3. The molecule has 4 unspecified atom stereocenters. The summed E-state index contributed by atoms with van der Waals surface area (Å²) in [5.74, 6) is 3.69. The Balaban J connectivity index is 1.33. The van der Waals surface area contributed by atoms with E-state index < -0.39 is 0 Å². The van der Waals surface area contributed by atoms with Crippen molar-refractivity contribution in [1.82, 2.24) is 10.2 Å². The van der Waals surface area contributed by atoms with Crippen LogP contribution in [0.5, 0.6) is 0 Å². The number of aliphatic hydroxyl groups is 1. The third-order valence-corrected chi connectivity index (χ3v) is 12.5. The van der Waals surface area contributed by atoms with Crippen molar-refractivity contribution in [2.24, 2.45) is 52.1 Å². The quantitative estimate of drug-likeness (QED) is 0.246. The van der Waals surface area contributed by atoms with Crippen molar-refractivity contribution in [3.63, 3.8) is 0 Å². The molecule has 4 fully saturated rings. The van der Waals surface area contributed by atoms with Gasteiger partial charge in [-0.05, 0) is 150 Å². The first-order chi connectivity index (χ1) is 18.1. The molecular weight excluding hydrogens is 474 g/mol. The van der Waals surface area contributed by atoms with E-state index in [1.807, 2.05) is 0 Å². The van der Waals surface area contributed by atoms with Crippen molar-refractivity contribution >= 4 is 5.97 Å². The summed E-state index contributed by atoms with van der Waals surface area (Å²) in [5, 5.41) is 15.7. The van der Waals surface area contributed by atoms with Gasteiger partial charge in [-0.1, -0.05) is 20.8 Å². The molecule has 0 bridgehead atoms. The second kappa shape index (κ2) is 12.9. The number of aliphatic hydroxyl groups excluding tert-OH is 1. The Bertz CT molecular complexity index is 779. The van der Waals surface area contributed by atoms with Crippen molar-refractivity contribution in [3.05, 3.63) is 0 Å². The molecule has 0 amide bonds. The molecular formula is C32H59N3O3. The van der Waals surface area contributed by atoms with Gasteiger partial charge in [0.25, 0.3) is 0 Å². The number of nitrogens with zero attached hydrogens (tertiary/aromatic N) is 1. The highest BCUT2D eigenvalue weighted by atomic mass is 16.5. The van der Waals surface area contributed by atoms with Crippen LogP contribution < -0.4 is 11.1 Å². The van der Waals surface area contributed by atoms with Crippen LogP contribution in [0.3, 0.4) is 0 Å². The summed E-state index contributed by atoms with van der Waals surface area (Å²) in [7, 11) is 3.69. The van der Waals surface area contributed by atoms with Gasteiger partial charge in [0.05, 0.1) is 13.2 Å². The molecule has 220 valence electrons. The number of nitrogens with two attached hydrogens (primary N) is 1. The summed E-state index contributed by atoms with van der Waals surface area (Å²) < 4.78 is 4.91. The Morgan fingerprint density at radius 3 is 2.61 bits per heavy atom. The van der Waals surface area contributed by atoms with E-state index >= 15 is 0 Å². The van der Waals surface area contributed by atoms with Crippen LogP contribution in [0.15, 0.2) is 0 Å². The van der Waals surface area contributed by atoms with E-state index in [9.17, 15) is 9.90 Å². The Morgan fingerprint density at radius 1 is 1.11 bits per heavy atom. The van der Waals surface area contributed by atoms with Gasteiger partial charge in [-0.2, -0.15) is 0 Å². The lowest BCUT2D eigenvalue weighted by Crippen LogP contribution is -2.59. The zero-order chi connectivity index (χ0) is 27.5. The summed E-state index contributed by atoms with van der Waals surface area (Å²) in [6.07, 6.45) is 13.5. The number of fused-ring (bicyclic) bond motifs is 5. The Morgan fingerprint density at radius 2 is 1.87 bits per heavy atom. The van der Waals surface area contributed by atoms with E-state index in [0.717, 1.165) is 57.3 Å². The topological polar surface area (TPSA) is 87.8 Å². The molecule has 0 radical (unpaired) electrons. The zero-order valence-electron chi connectivity index (χ0n) is 25.2. The highest BCUT2D eigenvalue weighted by molar-refractivity contribution is 5.69. The Hall–Kier alpha value is -0.690. The molecule has 0 heterocycles. The molecule has 6 nitrogen and oxygen atoms in total. The number of hydrogen-bond donors (Lipinski definition) is 3. The van der Waals surface area contributed by atoms with Crippen molar-refractivity contribution in [2.75, 3.05) is 40.3 Å². The van der Waals surface area contributed by atoms with Gasteiger partial charge in [-0.3, -0.25) is 4.79 Å². The van der Waals surface area contributed by atoms with Gasteiger partial charge < -0.3 is 25.8 Å². The minimum absolute atomic E-state index is 0.00400. The van der Waals surface area contributed by atoms with Crippen LogP contribution in [0.25, 0.3) is 0 Å². The van der Waals surface area contributed by atoms with E-state index in [4.69, 9.17) is 10.5 Å². The summed E-state index contributed by atoms with van der Waals surface area (Å²) in [6, 6.07) is 0.657. The minimum Gasteiger partial charge on any atom is -0.469 e. The average Bonchev–Trinajstić information content (AvgIpc) is 3.27. The average molecular weight is 534 g/mol. The van der Waals surface area contributed by atoms with Crippen LogP contribution in [-0.2, 0) is 9.53 Å². The van der Waals surface area contributed by atoms with Gasteiger partial charge in [0.2, 0.25) is 0 Å². The molecule has 10 atom stereocenters. The third kappa shape index (κ3) is 5.99. The fourth-order valence-corrected chi connectivity index (χ4v) is 10.1. The van der Waals surface area contributed by atoms with Crippen LogP contribution in [0, 0.1) is 46.3 Å². The molecule has 6 heteroatoms. The van der Waals surface area contributed by atoms with E-state index in [0.29, 0.717) is 41.5 Å². The molecule has 0 saturated heterocycles. The van der Waals surface area contributed by atoms with Crippen molar-refractivity contribution in [3.8, 4) is 0 Å². The predicted molar refractivity (Wildman–Crippen MR) is 155 cm³/mol. The minimum atomic E-state index is -0.218. The number of rotatable bonds is 12. The zero-order valence-corrected chi connectivity index (χ0v) is 25.2. The molecule has 4 aliphatic carbocycles. The van der Waals surface area contributed by atoms with E-state index in [1.54, 1.807) is 0 Å². The largest absolute Gasteiger partial charge is 0.469 e. The van der Waals surface area contributed by atoms with Gasteiger partial charge in [-0.25, -0.2) is 0 Å². The maximum atomic E-state index is 11.8. The van der Waals surface area contributed by atoms with Gasteiger partial charge in [0.15, 0.2) is 0 Å². The second-order valence-corrected chi connectivity index (χ2v) is 14.3. The normalized spacial score (nSPS) is 41.3. The van der Waals surface area contributed by atoms with Crippen LogP contribution in [0.4, 0.5) is 0 Å².